The number of nitrogens with one attached hydrogen (secondary N) is 3. The number of amides is 5. The number of aromatic nitrogens is 1. The second kappa shape index (κ2) is 21.4. The summed E-state index contributed by atoms with van der Waals surface area (Å²) in [5.41, 5.74) is 9.96. The Morgan fingerprint density at radius 1 is 0.968 bits per heavy atom. The number of benzene rings is 3. The highest BCUT2D eigenvalue weighted by atomic mass is 32.1. The number of imide groups is 1. The minimum Gasteiger partial charge on any atom is -0.483 e. The molecule has 2 aliphatic rings. The Labute approximate surface area is 370 Å². The van der Waals surface area contributed by atoms with Gasteiger partial charge in [0.1, 0.15) is 16.8 Å². The Hall–Kier alpha value is -6.03. The van der Waals surface area contributed by atoms with Crippen molar-refractivity contribution in [2.75, 3.05) is 25.5 Å². The van der Waals surface area contributed by atoms with Gasteiger partial charge in [0.05, 0.1) is 11.1 Å². The standard InChI is InChI=1S/C47H54F2N6O7S/c1-54(37-14-10-17-41(58)53-45(37)60)46(61)43-32(28-56)13-9-15-39(43)62-29-42(59)51-24-7-5-3-2-4-6-16-40(57)52-33-18-19-35-36(30-11-8-12-31(25-30)44(50)63)27-55(38(35)26-33)34-20-22-47(48,49)23-21-34/h8-9,11-13,15,18-19,25-28,34,37H,2-7,10,14,16-17,20-24,29H2,1H3,(H2,50,63)(H,51,59)(H,52,57)(H,53,58,60). The molecule has 4 aromatic rings. The van der Waals surface area contributed by atoms with Crippen molar-refractivity contribution in [2.45, 2.75) is 108 Å². The molecular weight excluding hydrogens is 831 g/mol. The fourth-order valence-corrected chi connectivity index (χ4v) is 8.45. The van der Waals surface area contributed by atoms with Gasteiger partial charge in [0.15, 0.2) is 12.9 Å². The van der Waals surface area contributed by atoms with Gasteiger partial charge in [0, 0.05) is 79.3 Å². The third kappa shape index (κ3) is 12.1. The van der Waals surface area contributed by atoms with Gasteiger partial charge in [0.25, 0.3) is 11.8 Å². The predicted molar refractivity (Wildman–Crippen MR) is 240 cm³/mol. The first-order chi connectivity index (χ1) is 30.2. The molecule has 16 heteroatoms. The number of hydrogen-bond donors (Lipinski definition) is 4. The number of nitrogens with zero attached hydrogens (tertiary/aromatic N) is 2. The van der Waals surface area contributed by atoms with Gasteiger partial charge in [0.2, 0.25) is 23.6 Å². The molecule has 1 unspecified atom stereocenters. The maximum atomic E-state index is 14.1. The van der Waals surface area contributed by atoms with Gasteiger partial charge in [-0.05, 0) is 68.4 Å². The average molecular weight is 885 g/mol. The quantitative estimate of drug-likeness (QED) is 0.0319. The van der Waals surface area contributed by atoms with E-state index < -0.39 is 42.2 Å². The van der Waals surface area contributed by atoms with E-state index in [1.54, 1.807) is 0 Å². The first-order valence-corrected chi connectivity index (χ1v) is 22.0. The lowest BCUT2D eigenvalue weighted by molar-refractivity contribution is -0.131. The van der Waals surface area contributed by atoms with Crippen molar-refractivity contribution in [3.63, 3.8) is 0 Å². The second-order valence-corrected chi connectivity index (χ2v) is 16.8. The number of alkyl halides is 2. The zero-order chi connectivity index (χ0) is 45.1. The highest BCUT2D eigenvalue weighted by Crippen LogP contribution is 2.42. The number of aldehydes is 1. The summed E-state index contributed by atoms with van der Waals surface area (Å²) < 4.78 is 36.0. The molecule has 0 bridgehead atoms. The van der Waals surface area contributed by atoms with E-state index in [1.807, 2.05) is 48.7 Å². The van der Waals surface area contributed by atoms with Crippen molar-refractivity contribution >= 4 is 69.6 Å². The molecule has 1 aliphatic heterocycles. The number of carbonyl (C=O) groups excluding carboxylic acids is 6. The first kappa shape index (κ1) is 46.5. The molecule has 5 amide bonds. The molecule has 3 aromatic carbocycles. The molecule has 1 aromatic heterocycles. The number of fused-ring (bicyclic) bond motifs is 1. The molecule has 334 valence electrons. The molecule has 1 saturated carbocycles. The van der Waals surface area contributed by atoms with Crippen LogP contribution in [0.2, 0.25) is 0 Å². The molecule has 2 fully saturated rings. The second-order valence-electron chi connectivity index (χ2n) is 16.3. The monoisotopic (exact) mass is 884 g/mol. The smallest absolute Gasteiger partial charge is 0.258 e. The number of carbonyl (C=O) groups is 6. The Kier molecular flexibility index (Phi) is 15.8. The van der Waals surface area contributed by atoms with Crippen molar-refractivity contribution < 1.29 is 42.3 Å². The number of rotatable bonds is 19. The third-order valence-corrected chi connectivity index (χ3v) is 12.0. The van der Waals surface area contributed by atoms with Gasteiger partial charge in [-0.2, -0.15) is 0 Å². The number of thiocarbonyl (C=S) groups is 1. The molecule has 13 nitrogen and oxygen atoms in total. The number of anilines is 1. The van der Waals surface area contributed by atoms with Crippen LogP contribution in [0, 0.1) is 0 Å². The summed E-state index contributed by atoms with van der Waals surface area (Å²) in [6.45, 7) is 0.0231. The summed E-state index contributed by atoms with van der Waals surface area (Å²) in [5.74, 6) is -4.79. The summed E-state index contributed by atoms with van der Waals surface area (Å²) >= 11 is 5.20. The summed E-state index contributed by atoms with van der Waals surface area (Å²) in [6.07, 6.45) is 9.08. The van der Waals surface area contributed by atoms with Gasteiger partial charge < -0.3 is 30.6 Å². The Morgan fingerprint density at radius 3 is 2.44 bits per heavy atom. The van der Waals surface area contributed by atoms with Gasteiger partial charge in [-0.25, -0.2) is 8.78 Å². The Morgan fingerprint density at radius 2 is 1.70 bits per heavy atom. The highest BCUT2D eigenvalue weighted by molar-refractivity contribution is 7.80. The topological polar surface area (TPSA) is 182 Å². The van der Waals surface area contributed by atoms with Crippen LogP contribution in [0.15, 0.2) is 66.9 Å². The van der Waals surface area contributed by atoms with Gasteiger partial charge in [-0.3, -0.25) is 34.1 Å². The van der Waals surface area contributed by atoms with E-state index in [0.717, 1.165) is 59.7 Å². The first-order valence-electron chi connectivity index (χ1n) is 21.6. The van der Waals surface area contributed by atoms with Crippen molar-refractivity contribution in [1.29, 1.82) is 0 Å². The fourth-order valence-electron chi connectivity index (χ4n) is 8.32. The van der Waals surface area contributed by atoms with Crippen LogP contribution >= 0.6 is 12.2 Å². The van der Waals surface area contributed by atoms with Gasteiger partial charge >= 0.3 is 0 Å². The average Bonchev–Trinajstić information content (AvgIpc) is 3.55. The lowest BCUT2D eigenvalue weighted by Gasteiger charge is -2.29. The number of halogens is 2. The fraction of sp³-hybridized carbons (Fsp3) is 0.426. The number of ether oxygens (including phenoxy) is 1. The van der Waals surface area contributed by atoms with Crippen LogP contribution in [-0.4, -0.2) is 82.4 Å². The minimum absolute atomic E-state index is 0.0265. The van der Waals surface area contributed by atoms with Crippen LogP contribution in [-0.2, 0) is 19.2 Å². The molecule has 1 saturated heterocycles. The molecule has 5 N–H and O–H groups in total. The minimum atomic E-state index is -2.66. The van der Waals surface area contributed by atoms with Crippen molar-refractivity contribution in [3.8, 4) is 16.9 Å². The number of nitrogens with two attached hydrogens (primary N) is 1. The van der Waals surface area contributed by atoms with E-state index in [-0.39, 0.29) is 59.5 Å². The molecule has 0 spiro atoms. The van der Waals surface area contributed by atoms with Crippen molar-refractivity contribution in [2.24, 2.45) is 5.73 Å². The van der Waals surface area contributed by atoms with E-state index in [0.29, 0.717) is 50.6 Å². The van der Waals surface area contributed by atoms with E-state index in [1.165, 1.54) is 30.1 Å². The maximum absolute atomic E-state index is 14.1. The zero-order valence-corrected chi connectivity index (χ0v) is 36.2. The van der Waals surface area contributed by atoms with Crippen molar-refractivity contribution in [3.05, 3.63) is 83.6 Å². The van der Waals surface area contributed by atoms with E-state index in [4.69, 9.17) is 22.7 Å². The van der Waals surface area contributed by atoms with Crippen LogP contribution in [0.25, 0.3) is 22.0 Å². The molecule has 63 heavy (non-hydrogen) atoms. The number of unbranched alkanes of at least 4 members (excludes halogenated alkanes) is 5. The summed E-state index contributed by atoms with van der Waals surface area (Å²) in [6, 6.07) is 16.8. The summed E-state index contributed by atoms with van der Waals surface area (Å²) in [5, 5.41) is 9.05. The highest BCUT2D eigenvalue weighted by Gasteiger charge is 2.36. The van der Waals surface area contributed by atoms with Gasteiger partial charge in [-0.15, -0.1) is 0 Å². The molecule has 1 atom stereocenters. The lowest BCUT2D eigenvalue weighted by Crippen LogP contribution is -2.47. The SMILES string of the molecule is CN(C(=O)c1c(C=O)cccc1OCC(=O)NCCCCCCCCC(=O)Nc1ccc2c(-c3cccc(C(N)=S)c3)cn(C3CCC(F)(F)CC3)c2c1)C1CCCC(=O)NC1=O. The lowest BCUT2D eigenvalue weighted by atomic mass is 9.92. The summed E-state index contributed by atoms with van der Waals surface area (Å²) in [7, 11) is 1.42. The molecule has 2 heterocycles. The maximum Gasteiger partial charge on any atom is 0.258 e. The van der Waals surface area contributed by atoms with Crippen LogP contribution in [0.5, 0.6) is 5.75 Å². The predicted octanol–water partition coefficient (Wildman–Crippen LogP) is 7.64. The third-order valence-electron chi connectivity index (χ3n) is 11.8. The Bertz CT molecular complexity index is 2360. The normalized spacial score (nSPS) is 16.5. The van der Waals surface area contributed by atoms with Crippen LogP contribution in [0.4, 0.5) is 14.5 Å². The van der Waals surface area contributed by atoms with Crippen molar-refractivity contribution in [1.82, 2.24) is 20.1 Å². The van der Waals surface area contributed by atoms with E-state index >= 15 is 0 Å². The summed E-state index contributed by atoms with van der Waals surface area (Å²) in [4.78, 5) is 76.8. The zero-order valence-electron chi connectivity index (χ0n) is 35.4. The van der Waals surface area contributed by atoms with Crippen LogP contribution < -0.4 is 26.4 Å². The van der Waals surface area contributed by atoms with Crippen LogP contribution in [0.3, 0.4) is 0 Å². The van der Waals surface area contributed by atoms with Crippen LogP contribution in [0.1, 0.15) is 122 Å². The largest absolute Gasteiger partial charge is 0.483 e. The number of likely N-dealkylation sites (N-methyl/N-ethyl adjacent to an activating group) is 1. The molecule has 1 aliphatic carbocycles. The van der Waals surface area contributed by atoms with Gasteiger partial charge in [-0.1, -0.05) is 74.3 Å². The molecule has 6 rings (SSSR count). The Balaban J connectivity index is 0.921. The van der Waals surface area contributed by atoms with E-state index in [9.17, 15) is 37.5 Å². The number of hydrogen-bond acceptors (Lipinski definition) is 8. The molecular formula is C47H54F2N6O7S. The van der Waals surface area contributed by atoms with E-state index in [2.05, 4.69) is 20.5 Å². The molecule has 0 radical (unpaired) electrons.